The van der Waals surface area contributed by atoms with Crippen LogP contribution in [0.1, 0.15) is 12.0 Å². The topological polar surface area (TPSA) is 23.9 Å². The fourth-order valence-electron chi connectivity index (χ4n) is 1.64. The molecule has 1 nitrogen and oxygen atoms in total. The summed E-state index contributed by atoms with van der Waals surface area (Å²) < 4.78 is 0. The Kier molecular flexibility index (Phi) is 3.87. The van der Waals surface area contributed by atoms with Crippen LogP contribution in [0.3, 0.4) is 0 Å². The molecule has 1 aliphatic rings. The molecule has 0 saturated carbocycles. The van der Waals surface area contributed by atoms with Crippen molar-refractivity contribution in [2.75, 3.05) is 0 Å². The van der Waals surface area contributed by atoms with Crippen molar-refractivity contribution in [2.45, 2.75) is 6.42 Å². The Morgan fingerprint density at radius 3 is 2.53 bits per heavy atom. The van der Waals surface area contributed by atoms with Gasteiger partial charge in [0.05, 0.1) is 5.71 Å². The van der Waals surface area contributed by atoms with Crippen LogP contribution in [0.25, 0.3) is 0 Å². The van der Waals surface area contributed by atoms with E-state index < -0.39 is 0 Å². The van der Waals surface area contributed by atoms with Crippen LogP contribution in [0, 0.1) is 5.41 Å². The van der Waals surface area contributed by atoms with Gasteiger partial charge in [0.15, 0.2) is 0 Å². The lowest BCUT2D eigenvalue weighted by Crippen LogP contribution is -2.00. The van der Waals surface area contributed by atoms with Crippen molar-refractivity contribution in [1.29, 1.82) is 5.41 Å². The summed E-state index contributed by atoms with van der Waals surface area (Å²) in [5, 5.41) is 8.19. The van der Waals surface area contributed by atoms with Gasteiger partial charge in [-0.3, -0.25) is 5.41 Å². The molecule has 1 N–H and O–H groups in total. The second-order valence-electron chi connectivity index (χ2n) is 3.81. The van der Waals surface area contributed by atoms with Crippen molar-refractivity contribution < 1.29 is 0 Å². The van der Waals surface area contributed by atoms with Crippen molar-refractivity contribution in [3.05, 3.63) is 84.0 Å². The van der Waals surface area contributed by atoms with Crippen LogP contribution in [0.4, 0.5) is 0 Å². The van der Waals surface area contributed by atoms with Crippen molar-refractivity contribution in [2.24, 2.45) is 0 Å². The molecule has 0 spiro atoms. The maximum Gasteiger partial charge on any atom is 0.0684 e. The molecule has 0 fully saturated rings. The van der Waals surface area contributed by atoms with Gasteiger partial charge in [-0.15, -0.1) is 0 Å². The molecule has 0 saturated heterocycles. The summed E-state index contributed by atoms with van der Waals surface area (Å²) in [5.74, 6) is 0. The zero-order valence-corrected chi connectivity index (χ0v) is 9.64. The Balaban J connectivity index is 2.29. The molecule has 17 heavy (non-hydrogen) atoms. The molecule has 0 bridgehead atoms. The van der Waals surface area contributed by atoms with Crippen LogP contribution in [0.2, 0.25) is 0 Å². The minimum Gasteiger partial charge on any atom is -0.300 e. The standard InChI is InChI=1S/C16H15N/c17-16(15-12-8-5-9-13-15)14-10-6-3-1-2-4-7-11-14/h1,3-13,17H,2H2/b3-1-,7-4-,10-6-,14-11+,17-16?. The van der Waals surface area contributed by atoms with Gasteiger partial charge in [-0.25, -0.2) is 0 Å². The maximum absolute atomic E-state index is 8.19. The van der Waals surface area contributed by atoms with Gasteiger partial charge in [0, 0.05) is 0 Å². The number of hydrogen-bond acceptors (Lipinski definition) is 1. The molecule has 1 heteroatoms. The van der Waals surface area contributed by atoms with E-state index in [4.69, 9.17) is 5.41 Å². The van der Waals surface area contributed by atoms with Crippen LogP contribution >= 0.6 is 0 Å². The second-order valence-corrected chi connectivity index (χ2v) is 3.81. The molecule has 0 unspecified atom stereocenters. The van der Waals surface area contributed by atoms with Crippen molar-refractivity contribution in [1.82, 2.24) is 0 Å². The van der Waals surface area contributed by atoms with E-state index in [1.54, 1.807) is 0 Å². The quantitative estimate of drug-likeness (QED) is 0.728. The van der Waals surface area contributed by atoms with Crippen molar-refractivity contribution in [3.8, 4) is 0 Å². The lowest BCUT2D eigenvalue weighted by Gasteiger charge is -2.04. The van der Waals surface area contributed by atoms with Gasteiger partial charge >= 0.3 is 0 Å². The van der Waals surface area contributed by atoms with E-state index in [0.717, 1.165) is 17.6 Å². The molecule has 0 aromatic heterocycles. The highest BCUT2D eigenvalue weighted by molar-refractivity contribution is 6.12. The van der Waals surface area contributed by atoms with Crippen molar-refractivity contribution in [3.63, 3.8) is 0 Å². The number of benzene rings is 1. The first-order valence-electron chi connectivity index (χ1n) is 5.72. The van der Waals surface area contributed by atoms with Gasteiger partial charge in [-0.2, -0.15) is 0 Å². The minimum atomic E-state index is 0.557. The molecule has 1 aromatic carbocycles. The first-order valence-corrected chi connectivity index (χ1v) is 5.72. The molecular formula is C16H15N. The predicted molar refractivity (Wildman–Crippen MR) is 73.4 cm³/mol. The fourth-order valence-corrected chi connectivity index (χ4v) is 1.64. The highest BCUT2D eigenvalue weighted by Crippen LogP contribution is 2.11. The van der Waals surface area contributed by atoms with E-state index in [1.165, 1.54) is 0 Å². The molecular weight excluding hydrogens is 206 g/mol. The molecule has 0 heterocycles. The Morgan fingerprint density at radius 1 is 0.941 bits per heavy atom. The van der Waals surface area contributed by atoms with E-state index in [2.05, 4.69) is 12.2 Å². The summed E-state index contributed by atoms with van der Waals surface area (Å²) in [6.45, 7) is 0. The largest absolute Gasteiger partial charge is 0.300 e. The first kappa shape index (κ1) is 11.3. The summed E-state index contributed by atoms with van der Waals surface area (Å²) in [5.41, 5.74) is 2.43. The molecule has 0 radical (unpaired) electrons. The van der Waals surface area contributed by atoms with Crippen LogP contribution in [-0.4, -0.2) is 5.71 Å². The Morgan fingerprint density at radius 2 is 1.71 bits per heavy atom. The normalized spacial score (nSPS) is 23.4. The zero-order valence-electron chi connectivity index (χ0n) is 9.64. The molecule has 0 amide bonds. The Bertz CT molecular complexity index is 502. The number of hydrogen-bond donors (Lipinski definition) is 1. The second kappa shape index (κ2) is 5.80. The highest BCUT2D eigenvalue weighted by atomic mass is 14.4. The number of rotatable bonds is 2. The molecule has 0 atom stereocenters. The maximum atomic E-state index is 8.19. The van der Waals surface area contributed by atoms with Gasteiger partial charge in [-0.1, -0.05) is 72.9 Å². The summed E-state index contributed by atoms with van der Waals surface area (Å²) in [7, 11) is 0. The van der Waals surface area contributed by atoms with Gasteiger partial charge in [-0.05, 0) is 17.6 Å². The van der Waals surface area contributed by atoms with E-state index in [1.807, 2.05) is 60.7 Å². The average molecular weight is 221 g/mol. The number of nitrogens with one attached hydrogen (secondary N) is 1. The van der Waals surface area contributed by atoms with Gasteiger partial charge in [0.2, 0.25) is 0 Å². The molecule has 1 aliphatic carbocycles. The van der Waals surface area contributed by atoms with Crippen molar-refractivity contribution >= 4 is 5.71 Å². The smallest absolute Gasteiger partial charge is 0.0684 e. The molecule has 2 rings (SSSR count). The third-order valence-electron chi connectivity index (χ3n) is 2.56. The zero-order chi connectivity index (χ0) is 11.9. The average Bonchev–Trinajstić information content (AvgIpc) is 2.52. The predicted octanol–water partition coefficient (Wildman–Crippen LogP) is 4.05. The lowest BCUT2D eigenvalue weighted by molar-refractivity contribution is 1.40. The van der Waals surface area contributed by atoms with E-state index in [0.29, 0.717) is 5.71 Å². The highest BCUT2D eigenvalue weighted by Gasteiger charge is 2.03. The fraction of sp³-hybridized carbons (Fsp3) is 0.0625. The third kappa shape index (κ3) is 3.15. The molecule has 0 aliphatic heterocycles. The Hall–Kier alpha value is -2.15. The minimum absolute atomic E-state index is 0.557. The van der Waals surface area contributed by atoms with Crippen LogP contribution in [0.15, 0.2) is 78.4 Å². The van der Waals surface area contributed by atoms with Crippen LogP contribution < -0.4 is 0 Å². The summed E-state index contributed by atoms with van der Waals surface area (Å²) in [6, 6.07) is 9.80. The Labute approximate surface area is 102 Å². The first-order chi connectivity index (χ1) is 8.38. The SMILES string of the molecule is N=C(C1=C/C=C\C\C=C/C=C\1)c1ccccc1. The van der Waals surface area contributed by atoms with E-state index in [9.17, 15) is 0 Å². The van der Waals surface area contributed by atoms with Crippen LogP contribution in [0.5, 0.6) is 0 Å². The third-order valence-corrected chi connectivity index (χ3v) is 2.56. The lowest BCUT2D eigenvalue weighted by atomic mass is 10.0. The summed E-state index contributed by atoms with van der Waals surface area (Å²) in [4.78, 5) is 0. The van der Waals surface area contributed by atoms with Gasteiger partial charge in [0.25, 0.3) is 0 Å². The van der Waals surface area contributed by atoms with Gasteiger partial charge < -0.3 is 0 Å². The monoisotopic (exact) mass is 221 g/mol. The molecule has 1 aromatic rings. The van der Waals surface area contributed by atoms with E-state index >= 15 is 0 Å². The van der Waals surface area contributed by atoms with Gasteiger partial charge in [0.1, 0.15) is 0 Å². The van der Waals surface area contributed by atoms with E-state index in [-0.39, 0.29) is 0 Å². The number of allylic oxidation sites excluding steroid dienone is 8. The summed E-state index contributed by atoms with van der Waals surface area (Å²) >= 11 is 0. The van der Waals surface area contributed by atoms with Crippen LogP contribution in [-0.2, 0) is 0 Å². The molecule has 84 valence electrons. The summed E-state index contributed by atoms with van der Waals surface area (Å²) in [6.07, 6.45) is 15.1.